The normalized spacial score (nSPS) is 14.4. The fourth-order valence-electron chi connectivity index (χ4n) is 4.22. The summed E-state index contributed by atoms with van der Waals surface area (Å²) < 4.78 is 0. The topological polar surface area (TPSA) is 44.8 Å². The number of fused-ring (bicyclic) bond motifs is 2. The van der Waals surface area contributed by atoms with Crippen molar-refractivity contribution in [1.29, 1.82) is 0 Å². The minimum Gasteiger partial charge on any atom is -0.354 e. The highest BCUT2D eigenvalue weighted by Gasteiger charge is 2.22. The second kappa shape index (κ2) is 7.45. The van der Waals surface area contributed by atoms with Crippen LogP contribution in [0.5, 0.6) is 0 Å². The van der Waals surface area contributed by atoms with E-state index in [1.165, 1.54) is 39.0 Å². The Labute approximate surface area is 171 Å². The van der Waals surface area contributed by atoms with E-state index in [2.05, 4.69) is 83.3 Å². The molecule has 29 heavy (non-hydrogen) atoms. The molecule has 0 saturated carbocycles. The molecule has 0 aliphatic carbocycles. The molecule has 4 nitrogen and oxygen atoms in total. The molecule has 0 fully saturated rings. The van der Waals surface area contributed by atoms with Gasteiger partial charge >= 0.3 is 0 Å². The number of nitrogens with one attached hydrogen (secondary N) is 1. The van der Waals surface area contributed by atoms with Gasteiger partial charge in [0, 0.05) is 42.7 Å². The zero-order chi connectivity index (χ0) is 19.8. The van der Waals surface area contributed by atoms with Gasteiger partial charge in [-0.05, 0) is 29.2 Å². The van der Waals surface area contributed by atoms with Crippen LogP contribution in [0.2, 0.25) is 0 Å². The van der Waals surface area contributed by atoms with Gasteiger partial charge in [-0.3, -0.25) is 4.90 Å². The van der Waals surface area contributed by atoms with Crippen LogP contribution >= 0.6 is 0 Å². The third-order valence-corrected chi connectivity index (χ3v) is 5.82. The lowest BCUT2D eigenvalue weighted by Crippen LogP contribution is -2.31. The van der Waals surface area contributed by atoms with Crippen LogP contribution < -0.4 is 0 Å². The summed E-state index contributed by atoms with van der Waals surface area (Å²) in [6.07, 6.45) is 3.05. The summed E-state index contributed by atoms with van der Waals surface area (Å²) >= 11 is 0. The van der Waals surface area contributed by atoms with Gasteiger partial charge in [-0.1, -0.05) is 62.4 Å². The van der Waals surface area contributed by atoms with Gasteiger partial charge in [-0.15, -0.1) is 0 Å². The van der Waals surface area contributed by atoms with E-state index >= 15 is 0 Å². The second-order valence-corrected chi connectivity index (χ2v) is 8.21. The first-order chi connectivity index (χ1) is 14.2. The number of hydrogen-bond donors (Lipinski definition) is 1. The number of rotatable bonds is 4. The fourth-order valence-corrected chi connectivity index (χ4v) is 4.22. The number of hydrogen-bond acceptors (Lipinski definition) is 3. The Bertz CT molecular complexity index is 1140. The minimum absolute atomic E-state index is 0.356. The maximum Gasteiger partial charge on any atom is 0.131 e. The molecule has 1 aliphatic heterocycles. The van der Waals surface area contributed by atoms with E-state index in [9.17, 15) is 0 Å². The zero-order valence-electron chi connectivity index (χ0n) is 17.0. The van der Waals surface area contributed by atoms with Crippen molar-refractivity contribution in [2.45, 2.75) is 39.3 Å². The maximum absolute atomic E-state index is 4.87. The van der Waals surface area contributed by atoms with E-state index in [-0.39, 0.29) is 0 Å². The second-order valence-electron chi connectivity index (χ2n) is 8.21. The third kappa shape index (κ3) is 3.45. The highest BCUT2D eigenvalue weighted by Crippen LogP contribution is 2.32. The molecule has 2 aromatic heterocycles. The van der Waals surface area contributed by atoms with E-state index in [0.29, 0.717) is 5.92 Å². The molecule has 0 bridgehead atoms. The lowest BCUT2D eigenvalue weighted by atomic mass is 10.0. The fraction of sp³-hybridized carbons (Fsp3) is 0.280. The van der Waals surface area contributed by atoms with Crippen LogP contribution in [0.1, 0.15) is 42.4 Å². The minimum atomic E-state index is 0.356. The Morgan fingerprint density at radius 2 is 1.83 bits per heavy atom. The molecule has 0 unspecified atom stereocenters. The number of benzene rings is 2. The van der Waals surface area contributed by atoms with Gasteiger partial charge in [0.15, 0.2) is 0 Å². The summed E-state index contributed by atoms with van der Waals surface area (Å²) in [6, 6.07) is 19.3. The van der Waals surface area contributed by atoms with Gasteiger partial charge in [-0.25, -0.2) is 9.97 Å². The largest absolute Gasteiger partial charge is 0.354 e. The summed E-state index contributed by atoms with van der Waals surface area (Å²) in [6.45, 7) is 7.13. The van der Waals surface area contributed by atoms with Crippen molar-refractivity contribution < 1.29 is 0 Å². The molecule has 5 rings (SSSR count). The van der Waals surface area contributed by atoms with Crippen molar-refractivity contribution >= 4 is 10.9 Å². The van der Waals surface area contributed by atoms with Crippen LogP contribution in [0.15, 0.2) is 60.8 Å². The van der Waals surface area contributed by atoms with Gasteiger partial charge < -0.3 is 4.98 Å². The van der Waals surface area contributed by atoms with E-state index < -0.39 is 0 Å². The van der Waals surface area contributed by atoms with Crippen molar-refractivity contribution in [3.63, 3.8) is 0 Å². The van der Waals surface area contributed by atoms with Gasteiger partial charge in [0.1, 0.15) is 5.82 Å². The predicted molar refractivity (Wildman–Crippen MR) is 118 cm³/mol. The molecule has 1 aliphatic rings. The van der Waals surface area contributed by atoms with Crippen LogP contribution in [-0.2, 0) is 19.5 Å². The summed E-state index contributed by atoms with van der Waals surface area (Å²) in [4.78, 5) is 15.6. The third-order valence-electron chi connectivity index (χ3n) is 5.82. The highest BCUT2D eigenvalue weighted by molar-refractivity contribution is 5.90. The lowest BCUT2D eigenvalue weighted by molar-refractivity contribution is 0.241. The lowest BCUT2D eigenvalue weighted by Gasteiger charge is -2.28. The van der Waals surface area contributed by atoms with Crippen molar-refractivity contribution in [2.24, 2.45) is 0 Å². The Morgan fingerprint density at radius 1 is 1.03 bits per heavy atom. The molecule has 0 saturated heterocycles. The summed E-state index contributed by atoms with van der Waals surface area (Å²) in [7, 11) is 0. The van der Waals surface area contributed by atoms with Crippen molar-refractivity contribution in [3.8, 4) is 11.3 Å². The quantitative estimate of drug-likeness (QED) is 0.520. The van der Waals surface area contributed by atoms with Crippen LogP contribution in [0, 0.1) is 0 Å². The summed E-state index contributed by atoms with van der Waals surface area (Å²) in [5, 5.41) is 1.31. The zero-order valence-corrected chi connectivity index (χ0v) is 17.0. The number of para-hydroxylation sites is 1. The summed E-state index contributed by atoms with van der Waals surface area (Å²) in [5.74, 6) is 1.30. The van der Waals surface area contributed by atoms with Crippen LogP contribution in [0.25, 0.3) is 22.2 Å². The maximum atomic E-state index is 4.87. The Morgan fingerprint density at radius 3 is 2.66 bits per heavy atom. The van der Waals surface area contributed by atoms with Crippen molar-refractivity contribution in [2.75, 3.05) is 6.54 Å². The number of nitrogens with zero attached hydrogens (tertiary/aromatic N) is 3. The number of aromatic amines is 1. The standard InChI is InChI=1S/C25H26N4/c1-17(2)25-26-14-19-12-13-29(16-23(19)28-25)15-21-20-10-6-7-11-22(20)27-24(21)18-8-4-3-5-9-18/h3-11,14,17,27H,12-13,15-16H2,1-2H3. The first-order valence-corrected chi connectivity index (χ1v) is 10.4. The van der Waals surface area contributed by atoms with Gasteiger partial charge in [0.2, 0.25) is 0 Å². The average molecular weight is 383 g/mol. The molecule has 0 radical (unpaired) electrons. The molecule has 4 heteroatoms. The SMILES string of the molecule is CC(C)c1ncc2c(n1)CN(Cc1c(-c3ccccc3)[nH]c3ccccc13)CC2. The van der Waals surface area contributed by atoms with Crippen molar-refractivity contribution in [1.82, 2.24) is 19.9 Å². The average Bonchev–Trinajstić information content (AvgIpc) is 3.12. The Hall–Kier alpha value is -2.98. The molecule has 2 aromatic carbocycles. The van der Waals surface area contributed by atoms with Crippen LogP contribution in [-0.4, -0.2) is 26.4 Å². The monoisotopic (exact) mass is 382 g/mol. The Balaban J connectivity index is 1.50. The van der Waals surface area contributed by atoms with Crippen LogP contribution in [0.3, 0.4) is 0 Å². The van der Waals surface area contributed by atoms with Gasteiger partial charge in [-0.2, -0.15) is 0 Å². The first kappa shape index (κ1) is 18.1. The number of aromatic nitrogens is 3. The van der Waals surface area contributed by atoms with Crippen LogP contribution in [0.4, 0.5) is 0 Å². The van der Waals surface area contributed by atoms with Gasteiger partial charge in [0.25, 0.3) is 0 Å². The van der Waals surface area contributed by atoms with Gasteiger partial charge in [0.05, 0.1) is 11.4 Å². The molecule has 4 aromatic rings. The Kier molecular flexibility index (Phi) is 4.64. The summed E-state index contributed by atoms with van der Waals surface area (Å²) in [5.41, 5.74) is 7.52. The molecule has 3 heterocycles. The first-order valence-electron chi connectivity index (χ1n) is 10.4. The molecular formula is C25H26N4. The molecule has 0 atom stereocenters. The van der Waals surface area contributed by atoms with E-state index in [1.807, 2.05) is 6.20 Å². The number of H-pyrrole nitrogens is 1. The molecule has 0 spiro atoms. The van der Waals surface area contributed by atoms with E-state index in [0.717, 1.165) is 31.9 Å². The smallest absolute Gasteiger partial charge is 0.131 e. The molecular weight excluding hydrogens is 356 g/mol. The van der Waals surface area contributed by atoms with Crippen molar-refractivity contribution in [3.05, 3.63) is 83.4 Å². The van der Waals surface area contributed by atoms with E-state index in [4.69, 9.17) is 4.98 Å². The predicted octanol–water partition coefficient (Wildman–Crippen LogP) is 5.31. The highest BCUT2D eigenvalue weighted by atomic mass is 15.1. The molecule has 146 valence electrons. The molecule has 1 N–H and O–H groups in total. The van der Waals surface area contributed by atoms with E-state index in [1.54, 1.807) is 0 Å². The molecule has 0 amide bonds.